The van der Waals surface area contributed by atoms with E-state index < -0.39 is 12.1 Å². The zero-order chi connectivity index (χ0) is 28.8. The summed E-state index contributed by atoms with van der Waals surface area (Å²) in [5, 5.41) is 35.9. The van der Waals surface area contributed by atoms with Gasteiger partial charge in [-0.25, -0.2) is 4.79 Å². The molecule has 0 bridgehead atoms. The Morgan fingerprint density at radius 1 is 1.07 bits per heavy atom. The van der Waals surface area contributed by atoms with E-state index in [1.807, 2.05) is 43.3 Å². The van der Waals surface area contributed by atoms with Gasteiger partial charge < -0.3 is 29.9 Å². The third-order valence-corrected chi connectivity index (χ3v) is 6.90. The lowest BCUT2D eigenvalue weighted by molar-refractivity contribution is -0.145. The van der Waals surface area contributed by atoms with E-state index in [2.05, 4.69) is 4.90 Å². The summed E-state index contributed by atoms with van der Waals surface area (Å²) in [5.74, 6) is 0.825. The molecule has 9 heteroatoms. The van der Waals surface area contributed by atoms with Crippen LogP contribution in [0.5, 0.6) is 23.0 Å². The molecular weight excluding hydrogens is 517 g/mol. The van der Waals surface area contributed by atoms with E-state index in [0.717, 1.165) is 53.2 Å². The second-order valence-corrected chi connectivity index (χ2v) is 9.98. The van der Waals surface area contributed by atoms with Crippen LogP contribution in [-0.4, -0.2) is 70.3 Å². The Kier molecular flexibility index (Phi) is 9.29. The molecule has 5 rings (SSSR count). The number of aliphatic hydroxyl groups excluding tert-OH is 1. The predicted octanol–water partition coefficient (Wildman–Crippen LogP) is 4.89. The summed E-state index contributed by atoms with van der Waals surface area (Å²) in [7, 11) is 0. The number of aliphatic carboxylic acids is 1. The van der Waals surface area contributed by atoms with Crippen molar-refractivity contribution in [2.24, 2.45) is 5.92 Å². The lowest BCUT2D eigenvalue weighted by atomic mass is 9.86. The lowest BCUT2D eigenvalue weighted by Crippen LogP contribution is -2.49. The molecule has 2 aliphatic rings. The number of phenolic OH excluding ortho intramolecular Hbond substituents is 2. The fraction of sp³-hybridized carbons (Fsp3) is 0.323. The van der Waals surface area contributed by atoms with Crippen LogP contribution in [0.15, 0.2) is 66.7 Å². The van der Waals surface area contributed by atoms with Crippen molar-refractivity contribution in [1.82, 2.24) is 4.90 Å². The van der Waals surface area contributed by atoms with Gasteiger partial charge in [-0.15, -0.1) is 0 Å². The molecule has 0 aliphatic carbocycles. The van der Waals surface area contributed by atoms with Crippen molar-refractivity contribution < 1.29 is 39.1 Å². The summed E-state index contributed by atoms with van der Waals surface area (Å²) in [5.41, 5.74) is 4.56. The number of carboxylic acid groups (broad SMARTS) is 1. The van der Waals surface area contributed by atoms with Crippen LogP contribution in [0, 0.1) is 5.92 Å². The van der Waals surface area contributed by atoms with Crippen LogP contribution in [0.2, 0.25) is 0 Å². The molecule has 3 aromatic carbocycles. The normalized spacial score (nSPS) is 17.6. The van der Waals surface area contributed by atoms with Crippen LogP contribution in [0.3, 0.4) is 0 Å². The van der Waals surface area contributed by atoms with Crippen LogP contribution in [-0.2, 0) is 4.79 Å². The molecule has 0 amide bonds. The van der Waals surface area contributed by atoms with Gasteiger partial charge in [0.2, 0.25) is 0 Å². The number of hydrogen-bond acceptors (Lipinski definition) is 7. The highest BCUT2D eigenvalue weighted by Gasteiger charge is 2.30. The molecule has 0 aromatic heterocycles. The van der Waals surface area contributed by atoms with Crippen LogP contribution in [0.4, 0.5) is 4.39 Å². The molecule has 0 radical (unpaired) electrons. The molecule has 1 saturated heterocycles. The zero-order valence-corrected chi connectivity index (χ0v) is 22.5. The van der Waals surface area contributed by atoms with Crippen molar-refractivity contribution in [3.8, 4) is 23.0 Å². The third-order valence-electron chi connectivity index (χ3n) is 6.90. The summed E-state index contributed by atoms with van der Waals surface area (Å²) in [6.07, 6.45) is -1.61. The summed E-state index contributed by atoms with van der Waals surface area (Å²) < 4.78 is 24.9. The van der Waals surface area contributed by atoms with Crippen LogP contribution in [0.25, 0.3) is 11.1 Å². The number of allylic oxidation sites excluding steroid dienone is 1. The molecule has 0 spiro atoms. The number of fused-ring (bicyclic) bond motifs is 1. The second-order valence-electron chi connectivity index (χ2n) is 9.98. The zero-order valence-electron chi connectivity index (χ0n) is 22.5. The minimum atomic E-state index is -1.23. The first kappa shape index (κ1) is 28.9. The number of benzene rings is 3. The number of carboxylic acids is 1. The van der Waals surface area contributed by atoms with Gasteiger partial charge in [-0.3, -0.25) is 9.29 Å². The number of hydrogen-bond donors (Lipinski definition) is 4. The van der Waals surface area contributed by atoms with Gasteiger partial charge in [-0.2, -0.15) is 0 Å². The summed E-state index contributed by atoms with van der Waals surface area (Å²) in [6.45, 7) is 5.92. The molecule has 2 atom stereocenters. The van der Waals surface area contributed by atoms with Gasteiger partial charge in [-0.1, -0.05) is 24.3 Å². The number of aromatic hydroxyl groups is 2. The molecule has 2 aliphatic heterocycles. The molecule has 1 unspecified atom stereocenters. The Morgan fingerprint density at radius 3 is 2.38 bits per heavy atom. The molecule has 0 saturated carbocycles. The van der Waals surface area contributed by atoms with Gasteiger partial charge in [0.05, 0.1) is 6.67 Å². The highest BCUT2D eigenvalue weighted by molar-refractivity contribution is 5.95. The van der Waals surface area contributed by atoms with E-state index in [1.54, 1.807) is 30.3 Å². The first-order valence-corrected chi connectivity index (χ1v) is 13.1. The van der Waals surface area contributed by atoms with Gasteiger partial charge in [0, 0.05) is 36.7 Å². The molecule has 40 heavy (non-hydrogen) atoms. The first-order chi connectivity index (χ1) is 19.2. The van der Waals surface area contributed by atoms with Crippen molar-refractivity contribution in [2.45, 2.75) is 26.1 Å². The monoisotopic (exact) mass is 551 g/mol. The van der Waals surface area contributed by atoms with E-state index >= 15 is 0 Å². The van der Waals surface area contributed by atoms with E-state index in [1.165, 1.54) is 6.92 Å². The number of likely N-dealkylation sites (tertiary alicyclic amines) is 1. The van der Waals surface area contributed by atoms with Gasteiger partial charge in [-0.05, 0) is 73.0 Å². The average molecular weight is 552 g/mol. The fourth-order valence-electron chi connectivity index (χ4n) is 4.71. The van der Waals surface area contributed by atoms with Crippen molar-refractivity contribution in [3.05, 3.63) is 83.4 Å². The molecule has 8 nitrogen and oxygen atoms in total. The van der Waals surface area contributed by atoms with Crippen LogP contribution in [0.1, 0.15) is 36.6 Å². The highest BCUT2D eigenvalue weighted by atomic mass is 19.1. The quantitative estimate of drug-likeness (QED) is 0.312. The van der Waals surface area contributed by atoms with E-state index in [9.17, 15) is 19.4 Å². The number of nitrogens with zero attached hydrogens (tertiary/aromatic N) is 1. The van der Waals surface area contributed by atoms with Gasteiger partial charge in [0.25, 0.3) is 0 Å². The van der Waals surface area contributed by atoms with Crippen LogP contribution >= 0.6 is 0 Å². The molecule has 212 valence electrons. The van der Waals surface area contributed by atoms with Gasteiger partial charge >= 0.3 is 5.97 Å². The van der Waals surface area contributed by atoms with E-state index in [0.29, 0.717) is 12.4 Å². The number of aliphatic hydroxyl groups is 1. The van der Waals surface area contributed by atoms with Crippen LogP contribution < -0.4 is 9.47 Å². The number of alkyl halides is 1. The van der Waals surface area contributed by atoms with E-state index in [4.69, 9.17) is 19.7 Å². The first-order valence-electron chi connectivity index (χ1n) is 13.1. The summed E-state index contributed by atoms with van der Waals surface area (Å²) >= 11 is 0. The lowest BCUT2D eigenvalue weighted by Gasteiger charge is -2.37. The van der Waals surface area contributed by atoms with Crippen molar-refractivity contribution in [3.63, 3.8) is 0 Å². The number of rotatable bonds is 8. The minimum absolute atomic E-state index is 0.176. The predicted molar refractivity (Wildman–Crippen MR) is 149 cm³/mol. The standard InChI is InChI=1S/C28H28FNO4.C3H6O3/c1-18-25-14-23(32)7-10-26(25)34-28(27(18)21-3-2-4-22(31)13-21)20-5-8-24(9-6-20)33-12-11-30-16-19(15-29)17-30;1-2(4)3(5)6/h2-10,13-14,19,28,31-32H,11-12,15-17H2,1H3;2,4H,1H3,(H,5,6)/t28-;/m0./s1. The van der Waals surface area contributed by atoms with Crippen molar-refractivity contribution in [2.75, 3.05) is 32.9 Å². The van der Waals surface area contributed by atoms with Crippen molar-refractivity contribution >= 4 is 17.1 Å². The maximum Gasteiger partial charge on any atom is 0.332 e. The minimum Gasteiger partial charge on any atom is -0.508 e. The molecule has 3 aromatic rings. The Hall–Kier alpha value is -4.08. The fourth-order valence-corrected chi connectivity index (χ4v) is 4.71. The SMILES string of the molecule is CC(O)C(=O)O.CC1=C(c2cccc(O)c2)[C@H](c2ccc(OCCN3CC(CF)C3)cc2)Oc2ccc(O)cc21. The Bertz CT molecular complexity index is 1350. The third kappa shape index (κ3) is 6.91. The maximum atomic E-state index is 12.6. The average Bonchev–Trinajstić information content (AvgIpc) is 2.91. The van der Waals surface area contributed by atoms with Crippen molar-refractivity contribution in [1.29, 1.82) is 0 Å². The topological polar surface area (TPSA) is 120 Å². The maximum absolute atomic E-state index is 12.6. The second kappa shape index (κ2) is 12.8. The van der Waals surface area contributed by atoms with E-state index in [-0.39, 0.29) is 30.2 Å². The number of ether oxygens (including phenoxy) is 2. The molecular formula is C31H34FNO7. The Labute approximate surface area is 232 Å². The number of halogens is 1. The van der Waals surface area contributed by atoms with Gasteiger partial charge in [0.15, 0.2) is 0 Å². The van der Waals surface area contributed by atoms with Gasteiger partial charge in [0.1, 0.15) is 41.8 Å². The largest absolute Gasteiger partial charge is 0.508 e. The number of carbonyl (C=O) groups is 1. The molecule has 4 N–H and O–H groups in total. The highest BCUT2D eigenvalue weighted by Crippen LogP contribution is 2.47. The molecule has 1 fully saturated rings. The Morgan fingerprint density at radius 2 is 1.75 bits per heavy atom. The smallest absolute Gasteiger partial charge is 0.332 e. The Balaban J connectivity index is 0.000000557. The summed E-state index contributed by atoms with van der Waals surface area (Å²) in [4.78, 5) is 11.6. The number of phenols is 2. The summed E-state index contributed by atoms with van der Waals surface area (Å²) in [6, 6.07) is 20.1. The molecule has 2 heterocycles.